The monoisotopic (exact) mass is 484 g/mol. The zero-order chi connectivity index (χ0) is 25.2. The Kier molecular flexibility index (Phi) is 16.2. The van der Waals surface area contributed by atoms with Gasteiger partial charge in [0.05, 0.1) is 18.8 Å². The minimum absolute atomic E-state index is 0.0358. The van der Waals surface area contributed by atoms with Gasteiger partial charge >= 0.3 is 0 Å². The fourth-order valence-electron chi connectivity index (χ4n) is 4.56. The van der Waals surface area contributed by atoms with Crippen LogP contribution < -0.4 is 5.32 Å². The number of aliphatic hydroxyl groups excluding tert-OH is 2. The molecule has 9 nitrogen and oxygen atoms in total. The topological polar surface area (TPSA) is 139 Å². The van der Waals surface area contributed by atoms with E-state index in [2.05, 4.69) is 17.1 Å². The molecule has 0 aromatic heterocycles. The van der Waals surface area contributed by atoms with Crippen molar-refractivity contribution in [1.29, 1.82) is 0 Å². The highest BCUT2D eigenvalue weighted by molar-refractivity contribution is 5.78. The molecule has 0 unspecified atom stereocenters. The van der Waals surface area contributed by atoms with Crippen LogP contribution >= 0.6 is 0 Å². The molecule has 0 saturated heterocycles. The first-order valence-electron chi connectivity index (χ1n) is 12.9. The van der Waals surface area contributed by atoms with E-state index in [-0.39, 0.29) is 30.1 Å². The van der Waals surface area contributed by atoms with Gasteiger partial charge in [0.25, 0.3) is 5.09 Å². The smallest absolute Gasteiger partial charge is 0.294 e. The summed E-state index contributed by atoms with van der Waals surface area (Å²) in [6, 6.07) is 0. The Morgan fingerprint density at radius 2 is 1.74 bits per heavy atom. The van der Waals surface area contributed by atoms with Crippen LogP contribution in [0.15, 0.2) is 12.2 Å². The molecule has 3 N–H and O–H groups in total. The minimum Gasteiger partial charge on any atom is -0.393 e. The third kappa shape index (κ3) is 13.6. The maximum Gasteiger partial charge on any atom is 0.294 e. The van der Waals surface area contributed by atoms with Crippen LogP contribution in [0, 0.1) is 22.0 Å². The van der Waals surface area contributed by atoms with E-state index >= 15 is 0 Å². The van der Waals surface area contributed by atoms with Crippen LogP contribution in [0.5, 0.6) is 0 Å². The van der Waals surface area contributed by atoms with Gasteiger partial charge in [0, 0.05) is 25.8 Å². The number of nitrogens with zero attached hydrogens (tertiary/aromatic N) is 1. The summed E-state index contributed by atoms with van der Waals surface area (Å²) >= 11 is 0. The normalized spacial score (nSPS) is 22.2. The molecule has 1 rings (SSSR count). The molecule has 34 heavy (non-hydrogen) atoms. The lowest BCUT2D eigenvalue weighted by atomic mass is 9.86. The molecule has 0 aromatic rings. The molecule has 9 heteroatoms. The summed E-state index contributed by atoms with van der Waals surface area (Å²) < 4.78 is 0. The van der Waals surface area contributed by atoms with E-state index in [1.807, 2.05) is 12.2 Å². The zero-order valence-corrected chi connectivity index (χ0v) is 20.7. The number of aliphatic hydroxyl groups is 2. The van der Waals surface area contributed by atoms with Crippen LogP contribution in [-0.4, -0.2) is 52.3 Å². The standard InChI is InChI=1S/C25H44N2O7/c1-2-3-4-5-8-12-20(28)15-16-22-21(23(29)19-24(22)30)13-9-6-7-10-14-25(31)26-17-11-18-34-27(32)33/h6,9,21-24,29-30H,2-5,7-8,10-19H2,1H3,(H,26,31)/b9-6-/t21-,22-,23+,24-/m1/s1. The highest BCUT2D eigenvalue weighted by atomic mass is 16.9. The third-order valence-electron chi connectivity index (χ3n) is 6.53. The summed E-state index contributed by atoms with van der Waals surface area (Å²) in [4.78, 5) is 38.2. The Morgan fingerprint density at radius 1 is 1.00 bits per heavy atom. The summed E-state index contributed by atoms with van der Waals surface area (Å²) in [5.41, 5.74) is 0. The van der Waals surface area contributed by atoms with Gasteiger partial charge in [0.15, 0.2) is 0 Å². The number of Topliss-reactive ketones (excluding diaryl/α,β-unsaturated/α-hetero) is 1. The summed E-state index contributed by atoms with van der Waals surface area (Å²) in [5.74, 6) is 0.0453. The molecule has 0 aromatic carbocycles. The van der Waals surface area contributed by atoms with E-state index in [0.717, 1.165) is 19.3 Å². The first-order valence-corrected chi connectivity index (χ1v) is 12.9. The van der Waals surface area contributed by atoms with Crippen molar-refractivity contribution in [3.8, 4) is 0 Å². The Hall–Kier alpha value is -2.00. The van der Waals surface area contributed by atoms with Gasteiger partial charge in [-0.05, 0) is 56.8 Å². The van der Waals surface area contributed by atoms with E-state index in [1.165, 1.54) is 19.3 Å². The predicted octanol–water partition coefficient (Wildman–Crippen LogP) is 3.89. The molecule has 1 amide bonds. The number of carbonyl (C=O) groups excluding carboxylic acids is 2. The molecule has 1 aliphatic carbocycles. The highest BCUT2D eigenvalue weighted by Crippen LogP contribution is 2.38. The summed E-state index contributed by atoms with van der Waals surface area (Å²) in [6.45, 7) is 2.47. The maximum absolute atomic E-state index is 12.2. The number of ketones is 1. The van der Waals surface area contributed by atoms with Gasteiger partial charge in [-0.3, -0.25) is 9.59 Å². The van der Waals surface area contributed by atoms with Crippen molar-refractivity contribution in [1.82, 2.24) is 5.32 Å². The van der Waals surface area contributed by atoms with E-state index in [9.17, 15) is 29.9 Å². The van der Waals surface area contributed by atoms with Gasteiger partial charge in [0.2, 0.25) is 5.91 Å². The van der Waals surface area contributed by atoms with Crippen molar-refractivity contribution in [2.24, 2.45) is 11.8 Å². The van der Waals surface area contributed by atoms with E-state index < -0.39 is 17.3 Å². The van der Waals surface area contributed by atoms with Crippen molar-refractivity contribution in [3.63, 3.8) is 0 Å². The van der Waals surface area contributed by atoms with Gasteiger partial charge in [-0.15, -0.1) is 10.1 Å². The molecule has 0 bridgehead atoms. The molecule has 196 valence electrons. The van der Waals surface area contributed by atoms with Crippen molar-refractivity contribution < 1.29 is 29.7 Å². The van der Waals surface area contributed by atoms with Gasteiger partial charge < -0.3 is 20.4 Å². The van der Waals surface area contributed by atoms with Crippen molar-refractivity contribution in [2.45, 2.75) is 109 Å². The molecular formula is C25H44N2O7. The third-order valence-corrected chi connectivity index (χ3v) is 6.53. The number of nitrogens with one attached hydrogen (secondary N) is 1. The number of unbranched alkanes of at least 4 members (excludes halogenated alkanes) is 5. The second kappa shape index (κ2) is 18.3. The van der Waals surface area contributed by atoms with Crippen LogP contribution in [-0.2, 0) is 14.4 Å². The fourth-order valence-corrected chi connectivity index (χ4v) is 4.56. The molecule has 1 aliphatic rings. The maximum atomic E-state index is 12.2. The van der Waals surface area contributed by atoms with Crippen LogP contribution in [0.2, 0.25) is 0 Å². The van der Waals surface area contributed by atoms with E-state index in [0.29, 0.717) is 57.9 Å². The lowest BCUT2D eigenvalue weighted by Gasteiger charge is -2.22. The van der Waals surface area contributed by atoms with Crippen LogP contribution in [0.1, 0.15) is 96.8 Å². The molecular weight excluding hydrogens is 440 g/mol. The van der Waals surface area contributed by atoms with Crippen molar-refractivity contribution in [3.05, 3.63) is 22.3 Å². The molecule has 0 radical (unpaired) electrons. The van der Waals surface area contributed by atoms with Crippen LogP contribution in [0.3, 0.4) is 0 Å². The average molecular weight is 485 g/mol. The van der Waals surface area contributed by atoms with Gasteiger partial charge in [-0.2, -0.15) is 0 Å². The predicted molar refractivity (Wildman–Crippen MR) is 129 cm³/mol. The highest BCUT2D eigenvalue weighted by Gasteiger charge is 2.40. The van der Waals surface area contributed by atoms with Gasteiger partial charge in [-0.25, -0.2) is 0 Å². The molecule has 0 heterocycles. The van der Waals surface area contributed by atoms with Crippen molar-refractivity contribution in [2.75, 3.05) is 13.2 Å². The largest absolute Gasteiger partial charge is 0.393 e. The van der Waals surface area contributed by atoms with Gasteiger partial charge in [0.1, 0.15) is 5.78 Å². The first-order chi connectivity index (χ1) is 16.3. The zero-order valence-electron chi connectivity index (χ0n) is 20.7. The number of rotatable bonds is 20. The second-order valence-electron chi connectivity index (χ2n) is 9.30. The fraction of sp³-hybridized carbons (Fsp3) is 0.840. The molecule has 0 aliphatic heterocycles. The van der Waals surface area contributed by atoms with Crippen LogP contribution in [0.25, 0.3) is 0 Å². The Morgan fingerprint density at radius 3 is 2.47 bits per heavy atom. The molecule has 1 fully saturated rings. The number of hydrogen-bond acceptors (Lipinski definition) is 7. The average Bonchev–Trinajstić information content (AvgIpc) is 3.06. The Bertz CT molecular complexity index is 626. The Labute approximate surface area is 203 Å². The summed E-state index contributed by atoms with van der Waals surface area (Å²) in [6.07, 6.45) is 13.4. The molecule has 1 saturated carbocycles. The molecule has 4 atom stereocenters. The summed E-state index contributed by atoms with van der Waals surface area (Å²) in [7, 11) is 0. The number of carbonyl (C=O) groups is 2. The Balaban J connectivity index is 2.22. The van der Waals surface area contributed by atoms with E-state index in [1.54, 1.807) is 0 Å². The quantitative estimate of drug-likeness (QED) is 0.103. The number of amides is 1. The second-order valence-corrected chi connectivity index (χ2v) is 9.30. The van der Waals surface area contributed by atoms with Crippen molar-refractivity contribution >= 4 is 11.7 Å². The first kappa shape index (κ1) is 30.0. The lowest BCUT2D eigenvalue weighted by Crippen LogP contribution is -2.25. The minimum atomic E-state index is -0.850. The lowest BCUT2D eigenvalue weighted by molar-refractivity contribution is -0.757. The number of allylic oxidation sites excluding steroid dienone is 2. The molecule has 0 spiro atoms. The summed E-state index contributed by atoms with van der Waals surface area (Å²) in [5, 5.41) is 32.6. The van der Waals surface area contributed by atoms with Crippen LogP contribution in [0.4, 0.5) is 0 Å². The SMILES string of the molecule is CCCCCCCC(=O)CC[C@@H]1[C@@H](C/C=C\CCCC(=O)NCCCO[N+](=O)[O-])[C@@H](O)C[C@H]1O. The number of hydrogen-bond donors (Lipinski definition) is 3. The van der Waals surface area contributed by atoms with E-state index in [4.69, 9.17) is 0 Å². The van der Waals surface area contributed by atoms with Gasteiger partial charge in [-0.1, -0.05) is 44.8 Å².